The highest BCUT2D eigenvalue weighted by atomic mass is 35.5. The molecule has 0 atom stereocenters. The summed E-state index contributed by atoms with van der Waals surface area (Å²) in [5.41, 5.74) is 3.35. The van der Waals surface area contributed by atoms with Crippen molar-refractivity contribution < 1.29 is 9.53 Å². The Morgan fingerprint density at radius 3 is 2.79 bits per heavy atom. The average molecular weight is 503 g/mol. The number of halogens is 2. The van der Waals surface area contributed by atoms with E-state index in [-0.39, 0.29) is 12.5 Å². The summed E-state index contributed by atoms with van der Waals surface area (Å²) in [4.78, 5) is 14.3. The molecule has 0 N–H and O–H groups in total. The third kappa shape index (κ3) is 5.25. The predicted octanol–water partition coefficient (Wildman–Crippen LogP) is 4.74. The Bertz CT molecular complexity index is 1210. The Balaban J connectivity index is 1.52. The van der Waals surface area contributed by atoms with E-state index >= 15 is 0 Å². The van der Waals surface area contributed by atoms with Crippen molar-refractivity contribution in [3.05, 3.63) is 58.7 Å². The van der Waals surface area contributed by atoms with Crippen LogP contribution in [0.3, 0.4) is 0 Å². The van der Waals surface area contributed by atoms with Crippen LogP contribution in [-0.4, -0.2) is 64.6 Å². The van der Waals surface area contributed by atoms with Crippen molar-refractivity contribution in [2.45, 2.75) is 6.42 Å². The summed E-state index contributed by atoms with van der Waals surface area (Å²) in [6.07, 6.45) is 4.78. The van der Waals surface area contributed by atoms with Crippen molar-refractivity contribution in [3.8, 4) is 17.5 Å². The number of aromatic nitrogens is 1. The molecule has 0 bridgehead atoms. The second kappa shape index (κ2) is 10.7. The molecule has 1 saturated heterocycles. The smallest absolute Gasteiger partial charge is 0.237 e. The Morgan fingerprint density at radius 2 is 2.06 bits per heavy atom. The van der Waals surface area contributed by atoms with Gasteiger partial charge in [0.1, 0.15) is 12.7 Å². The molecule has 2 heterocycles. The number of nitrogens with zero attached hydrogens (tertiary/aromatic N) is 4. The number of piperazine rings is 1. The monoisotopic (exact) mass is 502 g/mol. The molecule has 2 aromatic carbocycles. The number of alkyl halides is 1. The molecular formula is C24H24Cl2N4O2S. The number of ether oxygens (including phenoxy) is 1. The summed E-state index contributed by atoms with van der Waals surface area (Å²) in [6, 6.07) is 14.1. The van der Waals surface area contributed by atoms with E-state index in [2.05, 4.69) is 28.6 Å². The van der Waals surface area contributed by atoms with E-state index in [4.69, 9.17) is 27.9 Å². The Kier molecular flexibility index (Phi) is 7.71. The lowest BCUT2D eigenvalue weighted by Gasteiger charge is -2.32. The molecule has 1 aliphatic heterocycles. The molecule has 0 radical (unpaired) electrons. The van der Waals surface area contributed by atoms with Crippen molar-refractivity contribution in [1.82, 2.24) is 13.8 Å². The number of amides is 1. The van der Waals surface area contributed by atoms with Gasteiger partial charge in [0.15, 0.2) is 5.75 Å². The summed E-state index contributed by atoms with van der Waals surface area (Å²) < 4.78 is 9.65. The molecule has 1 aromatic heterocycles. The molecule has 33 heavy (non-hydrogen) atoms. The van der Waals surface area contributed by atoms with Gasteiger partial charge in [-0.15, -0.1) is 11.6 Å². The van der Waals surface area contributed by atoms with E-state index < -0.39 is 0 Å². The topological polar surface area (TPSA) is 61.5 Å². The first-order valence-corrected chi connectivity index (χ1v) is 12.7. The first-order chi connectivity index (χ1) is 16.0. The van der Waals surface area contributed by atoms with Crippen LogP contribution in [0.2, 0.25) is 5.02 Å². The molecule has 0 spiro atoms. The highest BCUT2D eigenvalue weighted by Gasteiger charge is 2.23. The predicted molar refractivity (Wildman–Crippen MR) is 135 cm³/mol. The van der Waals surface area contributed by atoms with Gasteiger partial charge in [0.25, 0.3) is 0 Å². The molecule has 6 nitrogen and oxygen atoms in total. The fourth-order valence-corrected chi connectivity index (χ4v) is 4.85. The van der Waals surface area contributed by atoms with E-state index in [1.807, 2.05) is 28.0 Å². The highest BCUT2D eigenvalue weighted by molar-refractivity contribution is 7.96. The maximum absolute atomic E-state index is 12.3. The molecule has 4 rings (SSSR count). The van der Waals surface area contributed by atoms with Crippen LogP contribution in [0.25, 0.3) is 16.6 Å². The van der Waals surface area contributed by atoms with Gasteiger partial charge in [-0.1, -0.05) is 29.6 Å². The zero-order valence-electron chi connectivity index (χ0n) is 18.3. The maximum atomic E-state index is 12.3. The van der Waals surface area contributed by atoms with Gasteiger partial charge in [-0.3, -0.25) is 4.79 Å². The second-order valence-corrected chi connectivity index (χ2v) is 9.38. The number of carbonyl (C=O) groups is 1. The van der Waals surface area contributed by atoms with Crippen molar-refractivity contribution >= 4 is 52.0 Å². The molecule has 0 saturated carbocycles. The van der Waals surface area contributed by atoms with Gasteiger partial charge in [0.05, 0.1) is 28.5 Å². The molecule has 9 heteroatoms. The SMILES string of the molecule is CSN1CCN(CCc2ccc3c(ccn3-c3cc(Cl)c(OCCCl)c(C#N)c3)c2)C(=O)C1. The molecule has 1 amide bonds. The van der Waals surface area contributed by atoms with Crippen molar-refractivity contribution in [2.24, 2.45) is 0 Å². The van der Waals surface area contributed by atoms with Crippen LogP contribution in [0.4, 0.5) is 0 Å². The molecule has 1 aliphatic rings. The van der Waals surface area contributed by atoms with Crippen molar-refractivity contribution in [1.29, 1.82) is 5.26 Å². The standard InChI is InChI=1S/C24H24Cl2N4O2S/c1-33-29-10-9-28(23(31)16-29)7-4-17-2-3-22-18(12-17)5-8-30(22)20-13-19(15-27)24(21(26)14-20)32-11-6-25/h2-3,5,8,12-14H,4,6-7,9-11,16H2,1H3. The summed E-state index contributed by atoms with van der Waals surface area (Å²) in [5.74, 6) is 0.858. The number of fused-ring (bicyclic) bond motifs is 1. The number of hydrogen-bond acceptors (Lipinski definition) is 5. The van der Waals surface area contributed by atoms with Gasteiger partial charge in [0.2, 0.25) is 5.91 Å². The van der Waals surface area contributed by atoms with Crippen molar-refractivity contribution in [3.63, 3.8) is 0 Å². The van der Waals surface area contributed by atoms with E-state index in [1.165, 1.54) is 5.56 Å². The van der Waals surface area contributed by atoms with E-state index in [0.717, 1.165) is 42.6 Å². The van der Waals surface area contributed by atoms with Gasteiger partial charge < -0.3 is 14.2 Å². The van der Waals surface area contributed by atoms with E-state index in [9.17, 15) is 10.1 Å². The lowest BCUT2D eigenvalue weighted by Crippen LogP contribution is -2.48. The molecular weight excluding hydrogens is 479 g/mol. The minimum atomic E-state index is 0.187. The number of nitriles is 1. The van der Waals surface area contributed by atoms with E-state index in [1.54, 1.807) is 24.1 Å². The van der Waals surface area contributed by atoms with Gasteiger partial charge in [0, 0.05) is 36.9 Å². The van der Waals surface area contributed by atoms with Crippen LogP contribution in [-0.2, 0) is 11.2 Å². The van der Waals surface area contributed by atoms with Crippen LogP contribution in [0, 0.1) is 11.3 Å². The Labute approximate surface area is 207 Å². The zero-order valence-corrected chi connectivity index (χ0v) is 20.6. The minimum Gasteiger partial charge on any atom is -0.489 e. The van der Waals surface area contributed by atoms with E-state index in [0.29, 0.717) is 28.8 Å². The van der Waals surface area contributed by atoms with Crippen LogP contribution < -0.4 is 4.74 Å². The van der Waals surface area contributed by atoms with Gasteiger partial charge in [-0.05, 0) is 48.6 Å². The highest BCUT2D eigenvalue weighted by Crippen LogP contribution is 2.33. The number of carbonyl (C=O) groups excluding carboxylic acids is 1. The van der Waals surface area contributed by atoms with Gasteiger partial charge >= 0.3 is 0 Å². The van der Waals surface area contributed by atoms with Crippen molar-refractivity contribution in [2.75, 3.05) is 44.9 Å². The first-order valence-electron chi connectivity index (χ1n) is 10.6. The summed E-state index contributed by atoms with van der Waals surface area (Å²) in [5, 5.41) is 11.0. The van der Waals surface area contributed by atoms with Gasteiger partial charge in [-0.25, -0.2) is 4.31 Å². The fourth-order valence-electron chi connectivity index (χ4n) is 4.00. The zero-order chi connectivity index (χ0) is 23.4. The van der Waals surface area contributed by atoms with Crippen LogP contribution in [0.5, 0.6) is 5.75 Å². The normalized spacial score (nSPS) is 14.6. The molecule has 172 valence electrons. The second-order valence-electron chi connectivity index (χ2n) is 7.71. The quantitative estimate of drug-likeness (QED) is 0.328. The maximum Gasteiger partial charge on any atom is 0.237 e. The molecule has 3 aromatic rings. The third-order valence-corrected chi connectivity index (χ3v) is 6.98. The Hall–Kier alpha value is -2.37. The molecule has 0 aliphatic carbocycles. The largest absolute Gasteiger partial charge is 0.489 e. The number of rotatable bonds is 8. The summed E-state index contributed by atoms with van der Waals surface area (Å²) in [7, 11) is 0. The van der Waals surface area contributed by atoms with Crippen LogP contribution in [0.15, 0.2) is 42.6 Å². The summed E-state index contributed by atoms with van der Waals surface area (Å²) in [6.45, 7) is 3.15. The number of hydrogen-bond donors (Lipinski definition) is 0. The fraction of sp³-hybridized carbons (Fsp3) is 0.333. The average Bonchev–Trinajstić information content (AvgIpc) is 3.25. The number of benzene rings is 2. The van der Waals surface area contributed by atoms with Crippen LogP contribution in [0.1, 0.15) is 11.1 Å². The minimum absolute atomic E-state index is 0.187. The third-order valence-electron chi connectivity index (χ3n) is 5.72. The Morgan fingerprint density at radius 1 is 1.21 bits per heavy atom. The molecule has 1 fully saturated rings. The summed E-state index contributed by atoms with van der Waals surface area (Å²) >= 11 is 13.7. The van der Waals surface area contributed by atoms with Crippen LogP contribution >= 0.6 is 35.1 Å². The molecule has 0 unspecified atom stereocenters. The first kappa shape index (κ1) is 23.8. The van der Waals surface area contributed by atoms with Gasteiger partial charge in [-0.2, -0.15) is 5.26 Å². The lowest BCUT2D eigenvalue weighted by molar-refractivity contribution is -0.133. The lowest BCUT2D eigenvalue weighted by atomic mass is 10.1.